The quantitative estimate of drug-likeness (QED) is 0.812. The molecule has 0 aromatic heterocycles. The van der Waals surface area contributed by atoms with Crippen LogP contribution in [0.25, 0.3) is 0 Å². The first-order chi connectivity index (χ1) is 11.4. The van der Waals surface area contributed by atoms with Gasteiger partial charge in [-0.1, -0.05) is 25.1 Å². The Hall–Kier alpha value is -1.47. The molecule has 1 aromatic carbocycles. The van der Waals surface area contributed by atoms with E-state index < -0.39 is 10.0 Å². The predicted octanol–water partition coefficient (Wildman–Crippen LogP) is 1.94. The van der Waals surface area contributed by atoms with E-state index in [-0.39, 0.29) is 29.9 Å². The Morgan fingerprint density at radius 2 is 2.12 bits per heavy atom. The first-order valence-electron chi connectivity index (χ1n) is 8.43. The van der Waals surface area contributed by atoms with E-state index in [0.717, 1.165) is 0 Å². The van der Waals surface area contributed by atoms with E-state index >= 15 is 0 Å². The molecule has 1 atom stereocenters. The van der Waals surface area contributed by atoms with Gasteiger partial charge >= 0.3 is 0 Å². The molecule has 134 valence electrons. The number of rotatable bonds is 7. The smallest absolute Gasteiger partial charge is 0.224 e. The highest BCUT2D eigenvalue weighted by molar-refractivity contribution is 7.89. The van der Waals surface area contributed by atoms with Crippen LogP contribution in [-0.4, -0.2) is 44.0 Å². The average molecular weight is 356 g/mol. The van der Waals surface area contributed by atoms with E-state index in [1.54, 1.807) is 18.2 Å². The number of hydrogen-bond acceptors (Lipinski definition) is 3. The molecule has 0 saturated carbocycles. The third-order valence-electron chi connectivity index (χ3n) is 4.26. The van der Waals surface area contributed by atoms with Gasteiger partial charge < -0.3 is 5.32 Å². The van der Waals surface area contributed by atoms with E-state index in [1.165, 1.54) is 10.4 Å². The number of hydrogen-bond donors (Lipinski definition) is 1. The summed E-state index contributed by atoms with van der Waals surface area (Å²) >= 11 is 0. The molecule has 7 heteroatoms. The molecule has 5 nitrogen and oxygen atoms in total. The Labute approximate surface area is 143 Å². The second kappa shape index (κ2) is 8.58. The molecule has 1 fully saturated rings. The number of amides is 1. The lowest BCUT2D eigenvalue weighted by Crippen LogP contribution is -2.46. The van der Waals surface area contributed by atoms with Gasteiger partial charge in [0, 0.05) is 19.6 Å². The van der Waals surface area contributed by atoms with E-state index in [1.807, 2.05) is 6.92 Å². The predicted molar refractivity (Wildman–Crippen MR) is 91.5 cm³/mol. The number of carbonyl (C=O) groups is 1. The topological polar surface area (TPSA) is 66.5 Å². The molecule has 0 aliphatic carbocycles. The van der Waals surface area contributed by atoms with Gasteiger partial charge in [-0.3, -0.25) is 4.79 Å². The van der Waals surface area contributed by atoms with Gasteiger partial charge in [-0.15, -0.1) is 0 Å². The molecular weight excluding hydrogens is 331 g/mol. The van der Waals surface area contributed by atoms with E-state index in [2.05, 4.69) is 5.32 Å². The lowest BCUT2D eigenvalue weighted by molar-refractivity contribution is -0.126. The average Bonchev–Trinajstić information content (AvgIpc) is 2.56. The Kier molecular flexibility index (Phi) is 6.74. The van der Waals surface area contributed by atoms with Crippen molar-refractivity contribution in [2.24, 2.45) is 5.92 Å². The van der Waals surface area contributed by atoms with Gasteiger partial charge in [0.2, 0.25) is 15.9 Å². The molecule has 1 saturated heterocycles. The van der Waals surface area contributed by atoms with Crippen LogP contribution in [0.4, 0.5) is 4.39 Å². The number of carbonyl (C=O) groups excluding carboxylic acids is 1. The van der Waals surface area contributed by atoms with Gasteiger partial charge in [0.15, 0.2) is 0 Å². The second-order valence-electron chi connectivity index (χ2n) is 6.15. The third kappa shape index (κ3) is 5.01. The standard InChI is InChI=1S/C17H25FN2O3S/c1-2-12-24(22,23)20-11-5-7-15(13-20)17(21)19-10-9-14-6-3-4-8-16(14)18/h3-4,6,8,15H,2,5,7,9-13H2,1H3,(H,19,21)/t15-/m1/s1. The van der Waals surface area contributed by atoms with Crippen molar-refractivity contribution in [2.75, 3.05) is 25.4 Å². The van der Waals surface area contributed by atoms with Crippen molar-refractivity contribution >= 4 is 15.9 Å². The summed E-state index contributed by atoms with van der Waals surface area (Å²) in [6, 6.07) is 6.48. The second-order valence-corrected chi connectivity index (χ2v) is 8.23. The van der Waals surface area contributed by atoms with Crippen molar-refractivity contribution in [2.45, 2.75) is 32.6 Å². The zero-order valence-electron chi connectivity index (χ0n) is 14.0. The number of nitrogens with zero attached hydrogens (tertiary/aromatic N) is 1. The minimum Gasteiger partial charge on any atom is -0.355 e. The fourth-order valence-electron chi connectivity index (χ4n) is 2.96. The third-order valence-corrected chi connectivity index (χ3v) is 6.30. The van der Waals surface area contributed by atoms with Crippen LogP contribution in [0, 0.1) is 11.7 Å². The lowest BCUT2D eigenvalue weighted by atomic mass is 9.99. The highest BCUT2D eigenvalue weighted by Crippen LogP contribution is 2.20. The van der Waals surface area contributed by atoms with E-state index in [4.69, 9.17) is 0 Å². The maximum Gasteiger partial charge on any atom is 0.224 e. The van der Waals surface area contributed by atoms with Crippen LogP contribution in [-0.2, 0) is 21.2 Å². The van der Waals surface area contributed by atoms with Gasteiger partial charge in [0.1, 0.15) is 5.82 Å². The van der Waals surface area contributed by atoms with Crippen molar-refractivity contribution in [3.8, 4) is 0 Å². The summed E-state index contributed by atoms with van der Waals surface area (Å²) in [5.41, 5.74) is 0.564. The van der Waals surface area contributed by atoms with Gasteiger partial charge in [0.25, 0.3) is 0 Å². The van der Waals surface area contributed by atoms with Crippen molar-refractivity contribution in [3.63, 3.8) is 0 Å². The van der Waals surface area contributed by atoms with Gasteiger partial charge in [-0.2, -0.15) is 0 Å². The summed E-state index contributed by atoms with van der Waals surface area (Å²) in [5, 5.41) is 2.80. The van der Waals surface area contributed by atoms with Crippen LogP contribution in [0.1, 0.15) is 31.7 Å². The number of piperidine rings is 1. The summed E-state index contributed by atoms with van der Waals surface area (Å²) in [6.45, 7) is 2.90. The Balaban J connectivity index is 1.85. The minimum atomic E-state index is -3.27. The molecule has 24 heavy (non-hydrogen) atoms. The molecule has 0 radical (unpaired) electrons. The van der Waals surface area contributed by atoms with Crippen LogP contribution < -0.4 is 5.32 Å². The molecule has 1 heterocycles. The Morgan fingerprint density at radius 1 is 1.38 bits per heavy atom. The Bertz CT molecular complexity index is 664. The van der Waals surface area contributed by atoms with Crippen molar-refractivity contribution in [1.82, 2.24) is 9.62 Å². The van der Waals surface area contributed by atoms with Gasteiger partial charge in [-0.05, 0) is 37.3 Å². The fraction of sp³-hybridized carbons (Fsp3) is 0.588. The lowest BCUT2D eigenvalue weighted by Gasteiger charge is -2.31. The monoisotopic (exact) mass is 356 g/mol. The summed E-state index contributed by atoms with van der Waals surface area (Å²) in [6.07, 6.45) is 2.36. The maximum atomic E-state index is 13.5. The van der Waals surface area contributed by atoms with Crippen LogP contribution in [0.15, 0.2) is 24.3 Å². The Morgan fingerprint density at radius 3 is 2.83 bits per heavy atom. The molecule has 1 N–H and O–H groups in total. The van der Waals surface area contributed by atoms with Gasteiger partial charge in [0.05, 0.1) is 11.7 Å². The minimum absolute atomic E-state index is 0.120. The summed E-state index contributed by atoms with van der Waals surface area (Å²) in [4.78, 5) is 12.3. The molecule has 1 aromatic rings. The molecule has 2 rings (SSSR count). The molecule has 0 bridgehead atoms. The highest BCUT2D eigenvalue weighted by Gasteiger charge is 2.31. The zero-order valence-corrected chi connectivity index (χ0v) is 14.8. The summed E-state index contributed by atoms with van der Waals surface area (Å²) in [5.74, 6) is -0.635. The van der Waals surface area contributed by atoms with Crippen LogP contribution >= 0.6 is 0 Å². The zero-order chi connectivity index (χ0) is 17.6. The number of nitrogens with one attached hydrogen (secondary N) is 1. The van der Waals surface area contributed by atoms with Crippen molar-refractivity contribution < 1.29 is 17.6 Å². The van der Waals surface area contributed by atoms with E-state index in [0.29, 0.717) is 44.3 Å². The molecule has 1 amide bonds. The number of halogens is 1. The van der Waals surface area contributed by atoms with Crippen LogP contribution in [0.5, 0.6) is 0 Å². The normalized spacial score (nSPS) is 19.2. The molecule has 1 aliphatic rings. The highest BCUT2D eigenvalue weighted by atomic mass is 32.2. The molecule has 1 aliphatic heterocycles. The van der Waals surface area contributed by atoms with Gasteiger partial charge in [-0.25, -0.2) is 17.1 Å². The first-order valence-corrected chi connectivity index (χ1v) is 10.0. The summed E-state index contributed by atoms with van der Waals surface area (Å²) in [7, 11) is -3.27. The van der Waals surface area contributed by atoms with Crippen LogP contribution in [0.2, 0.25) is 0 Å². The first kappa shape index (κ1) is 18.9. The number of benzene rings is 1. The van der Waals surface area contributed by atoms with Crippen molar-refractivity contribution in [1.29, 1.82) is 0 Å². The molecule has 0 unspecified atom stereocenters. The maximum absolute atomic E-state index is 13.5. The summed E-state index contributed by atoms with van der Waals surface area (Å²) < 4.78 is 39.3. The number of sulfonamides is 1. The van der Waals surface area contributed by atoms with Crippen LogP contribution in [0.3, 0.4) is 0 Å². The SMILES string of the molecule is CCCS(=O)(=O)N1CCC[C@@H](C(=O)NCCc2ccccc2F)C1. The largest absolute Gasteiger partial charge is 0.355 e. The molecular formula is C17H25FN2O3S. The van der Waals surface area contributed by atoms with E-state index in [9.17, 15) is 17.6 Å². The fourth-order valence-corrected chi connectivity index (χ4v) is 4.55. The van der Waals surface area contributed by atoms with Crippen molar-refractivity contribution in [3.05, 3.63) is 35.6 Å². The molecule has 0 spiro atoms.